The first-order valence-corrected chi connectivity index (χ1v) is 20.2. The van der Waals surface area contributed by atoms with Gasteiger partial charge in [-0.05, 0) is 107 Å². The second-order valence-electron chi connectivity index (χ2n) is 16.0. The Morgan fingerprint density at radius 3 is 1.91 bits per heavy atom. The molecule has 58 heavy (non-hydrogen) atoms. The van der Waals surface area contributed by atoms with Gasteiger partial charge in [-0.2, -0.15) is 0 Å². The summed E-state index contributed by atoms with van der Waals surface area (Å²) in [5, 5.41) is 4.74. The highest BCUT2D eigenvalue weighted by Crippen LogP contribution is 2.55. The molecule has 1 aromatic heterocycles. The van der Waals surface area contributed by atoms with Crippen LogP contribution in [0.15, 0.2) is 205 Å². The van der Waals surface area contributed by atoms with E-state index in [-0.39, 0.29) is 5.41 Å². The molecule has 0 atom stereocenters. The van der Waals surface area contributed by atoms with Gasteiger partial charge in [0.05, 0.1) is 0 Å². The quantitative estimate of drug-likeness (QED) is 0.155. The second kappa shape index (κ2) is 13.5. The summed E-state index contributed by atoms with van der Waals surface area (Å²) in [6, 6.07) is 72.7. The molecule has 9 aromatic carbocycles. The van der Waals surface area contributed by atoms with E-state index in [9.17, 15) is 0 Å². The molecule has 1 nitrogen and oxygen atoms in total. The summed E-state index contributed by atoms with van der Waals surface area (Å²) in [5.41, 5.74) is 18.8. The molecular weight excluding hydrogens is 701 g/mol. The highest BCUT2D eigenvalue weighted by atomic mass is 16.3. The smallest absolute Gasteiger partial charge is 0.142 e. The van der Waals surface area contributed by atoms with E-state index in [1.54, 1.807) is 0 Å². The third-order valence-electron chi connectivity index (χ3n) is 12.3. The Hall–Kier alpha value is -7.22. The Balaban J connectivity index is 1.12. The van der Waals surface area contributed by atoms with E-state index in [0.29, 0.717) is 0 Å². The Labute approximate surface area is 339 Å². The molecular formula is C57H40O. The lowest BCUT2D eigenvalue weighted by Crippen LogP contribution is -2.17. The van der Waals surface area contributed by atoms with Crippen molar-refractivity contribution in [2.24, 2.45) is 0 Å². The Morgan fingerprint density at radius 2 is 1.10 bits per heavy atom. The van der Waals surface area contributed by atoms with Crippen molar-refractivity contribution in [3.63, 3.8) is 0 Å². The maximum Gasteiger partial charge on any atom is 0.142 e. The van der Waals surface area contributed by atoms with Gasteiger partial charge in [-0.3, -0.25) is 0 Å². The second-order valence-corrected chi connectivity index (χ2v) is 16.0. The molecule has 11 rings (SSSR count). The molecule has 0 saturated heterocycles. The molecule has 1 heteroatoms. The van der Waals surface area contributed by atoms with Crippen LogP contribution in [0.1, 0.15) is 41.7 Å². The highest BCUT2D eigenvalue weighted by molar-refractivity contribution is 6.10. The van der Waals surface area contributed by atoms with Crippen LogP contribution in [0.5, 0.6) is 0 Å². The molecule has 0 N–H and O–H groups in total. The van der Waals surface area contributed by atoms with Gasteiger partial charge in [0.2, 0.25) is 0 Å². The van der Waals surface area contributed by atoms with Crippen LogP contribution in [0, 0.1) is 0 Å². The zero-order chi connectivity index (χ0) is 38.8. The summed E-state index contributed by atoms with van der Waals surface area (Å²) < 4.78 is 6.76. The van der Waals surface area contributed by atoms with E-state index in [0.717, 1.165) is 33.1 Å². The largest absolute Gasteiger partial charge is 0.455 e. The van der Waals surface area contributed by atoms with Crippen LogP contribution in [-0.2, 0) is 5.41 Å². The molecule has 0 fully saturated rings. The lowest BCUT2D eigenvalue weighted by atomic mass is 9.77. The van der Waals surface area contributed by atoms with Crippen molar-refractivity contribution < 1.29 is 4.42 Å². The predicted octanol–water partition coefficient (Wildman–Crippen LogP) is 15.6. The fourth-order valence-electron chi connectivity index (χ4n) is 9.44. The molecule has 0 amide bonds. The third kappa shape index (κ3) is 5.54. The van der Waals surface area contributed by atoms with Crippen LogP contribution in [0.25, 0.3) is 88.9 Å². The fraction of sp³-hybridized carbons (Fsp3) is 0.0526. The Morgan fingerprint density at radius 1 is 0.466 bits per heavy atom. The highest BCUT2D eigenvalue weighted by Gasteiger charge is 2.39. The summed E-state index contributed by atoms with van der Waals surface area (Å²) in [7, 11) is 0. The Bertz CT molecular complexity index is 3220. The van der Waals surface area contributed by atoms with E-state index in [4.69, 9.17) is 4.42 Å². The summed E-state index contributed by atoms with van der Waals surface area (Å²) >= 11 is 0. The van der Waals surface area contributed by atoms with Crippen molar-refractivity contribution in [3.8, 4) is 44.5 Å². The first-order valence-electron chi connectivity index (χ1n) is 20.2. The van der Waals surface area contributed by atoms with E-state index in [1.807, 2.05) is 0 Å². The van der Waals surface area contributed by atoms with Gasteiger partial charge in [0.25, 0.3) is 0 Å². The first kappa shape index (κ1) is 34.1. The lowest BCUT2D eigenvalue weighted by molar-refractivity contribution is 0.658. The van der Waals surface area contributed by atoms with Gasteiger partial charge in [-0.1, -0.05) is 196 Å². The maximum absolute atomic E-state index is 6.76. The normalized spacial score (nSPS) is 13.2. The van der Waals surface area contributed by atoms with Crippen molar-refractivity contribution in [2.45, 2.75) is 19.3 Å². The first-order chi connectivity index (χ1) is 28.5. The maximum atomic E-state index is 6.76. The molecule has 0 saturated carbocycles. The number of para-hydroxylation sites is 1. The molecule has 0 radical (unpaired) electrons. The van der Waals surface area contributed by atoms with Gasteiger partial charge in [0.15, 0.2) is 0 Å². The number of furan rings is 1. The minimum absolute atomic E-state index is 0.241. The van der Waals surface area contributed by atoms with Gasteiger partial charge in [-0.15, -0.1) is 0 Å². The zero-order valence-electron chi connectivity index (χ0n) is 32.5. The van der Waals surface area contributed by atoms with Crippen LogP contribution in [0.2, 0.25) is 0 Å². The van der Waals surface area contributed by atoms with Crippen LogP contribution in [0.3, 0.4) is 0 Å². The number of rotatable bonds is 6. The average Bonchev–Trinajstić information content (AvgIpc) is 3.78. The minimum Gasteiger partial charge on any atom is -0.455 e. The molecule has 1 aliphatic carbocycles. The number of benzene rings is 9. The van der Waals surface area contributed by atoms with E-state index in [1.165, 1.54) is 77.5 Å². The Kier molecular flexibility index (Phi) is 7.91. The van der Waals surface area contributed by atoms with Gasteiger partial charge < -0.3 is 4.42 Å². The summed E-state index contributed by atoms with van der Waals surface area (Å²) in [6.07, 6.45) is 2.36. The van der Waals surface area contributed by atoms with E-state index >= 15 is 0 Å². The van der Waals surface area contributed by atoms with Gasteiger partial charge in [0, 0.05) is 21.8 Å². The zero-order valence-corrected chi connectivity index (χ0v) is 32.5. The topological polar surface area (TPSA) is 13.1 Å². The SMILES string of the molecule is CC1(C)c2cccc(-c3ccccc3)c2-c2cccc(/C(=C/c3cccc4c3oc3ccc(-c5ccccc5)cc34)c3ccc(-c4ccc5ccccc5c4)cc3)c21. The van der Waals surface area contributed by atoms with Crippen LogP contribution in [0.4, 0.5) is 0 Å². The van der Waals surface area contributed by atoms with Gasteiger partial charge in [-0.25, -0.2) is 0 Å². The lowest BCUT2D eigenvalue weighted by Gasteiger charge is -2.26. The van der Waals surface area contributed by atoms with E-state index < -0.39 is 0 Å². The van der Waals surface area contributed by atoms with Crippen molar-refractivity contribution in [3.05, 3.63) is 228 Å². The van der Waals surface area contributed by atoms with Crippen molar-refractivity contribution in [2.75, 3.05) is 0 Å². The molecule has 274 valence electrons. The molecule has 0 unspecified atom stereocenters. The summed E-state index contributed by atoms with van der Waals surface area (Å²) in [6.45, 7) is 4.78. The average molecular weight is 741 g/mol. The van der Waals surface area contributed by atoms with E-state index in [2.05, 4.69) is 220 Å². The van der Waals surface area contributed by atoms with Crippen molar-refractivity contribution >= 4 is 44.4 Å². The molecule has 10 aromatic rings. The fourth-order valence-corrected chi connectivity index (χ4v) is 9.44. The van der Waals surface area contributed by atoms with Crippen molar-refractivity contribution in [1.82, 2.24) is 0 Å². The number of hydrogen-bond donors (Lipinski definition) is 0. The molecule has 1 heterocycles. The molecule has 1 aliphatic rings. The molecule has 0 bridgehead atoms. The minimum atomic E-state index is -0.241. The standard InChI is InChI=1S/C57H40O/c1-57(2)52-25-13-21-46(40-17-7-4-8-18-40)54(52)49-24-12-22-47(55(49)57)50(41-29-26-39(27-30-41)43-31-28-38-16-9-10-19-42(38)34-43)36-45-20-11-23-48-51-35-44(37-14-5-3-6-15-37)32-33-53(51)58-56(45)48/h3-36H,1-2H3/b50-36+. The summed E-state index contributed by atoms with van der Waals surface area (Å²) in [4.78, 5) is 0. The number of hydrogen-bond acceptors (Lipinski definition) is 1. The summed E-state index contributed by atoms with van der Waals surface area (Å²) in [5.74, 6) is 0. The van der Waals surface area contributed by atoms with Crippen molar-refractivity contribution in [1.29, 1.82) is 0 Å². The third-order valence-corrected chi connectivity index (χ3v) is 12.3. The monoisotopic (exact) mass is 740 g/mol. The van der Waals surface area contributed by atoms with Crippen LogP contribution in [-0.4, -0.2) is 0 Å². The predicted molar refractivity (Wildman–Crippen MR) is 245 cm³/mol. The number of fused-ring (bicyclic) bond motifs is 7. The molecule has 0 aliphatic heterocycles. The van der Waals surface area contributed by atoms with Crippen LogP contribution < -0.4 is 0 Å². The van der Waals surface area contributed by atoms with Crippen LogP contribution >= 0.6 is 0 Å². The molecule has 0 spiro atoms. The van der Waals surface area contributed by atoms with Gasteiger partial charge >= 0.3 is 0 Å². The van der Waals surface area contributed by atoms with Gasteiger partial charge in [0.1, 0.15) is 11.2 Å².